The van der Waals surface area contributed by atoms with Crippen LogP contribution in [-0.4, -0.2) is 13.3 Å². The van der Waals surface area contributed by atoms with Crippen LogP contribution in [-0.2, 0) is 0 Å². The summed E-state index contributed by atoms with van der Waals surface area (Å²) in [5.74, 6) is 0.195. The molecule has 0 saturated heterocycles. The molecule has 2 bridgehead atoms. The number of allylic oxidation sites excluding steroid dienone is 4. The van der Waals surface area contributed by atoms with Gasteiger partial charge in [-0.15, -0.1) is 6.58 Å². The number of hydrogen-bond donors (Lipinski definition) is 1. The van der Waals surface area contributed by atoms with E-state index in [1.807, 2.05) is 0 Å². The van der Waals surface area contributed by atoms with E-state index in [-0.39, 0.29) is 12.5 Å². The third-order valence-corrected chi connectivity index (χ3v) is 9.95. The first-order valence-electron chi connectivity index (χ1n) is 17.6. The predicted molar refractivity (Wildman–Crippen MR) is 217 cm³/mol. The van der Waals surface area contributed by atoms with Gasteiger partial charge in [0.2, 0.25) is 6.71 Å². The van der Waals surface area contributed by atoms with Crippen molar-refractivity contribution < 1.29 is 0 Å². The van der Waals surface area contributed by atoms with E-state index in [1.54, 1.807) is 0 Å². The van der Waals surface area contributed by atoms with Crippen molar-refractivity contribution in [3.63, 3.8) is 0 Å². The van der Waals surface area contributed by atoms with E-state index in [0.29, 0.717) is 0 Å². The van der Waals surface area contributed by atoms with Gasteiger partial charge in [0, 0.05) is 41.2 Å². The first-order valence-corrected chi connectivity index (χ1v) is 17.6. The Morgan fingerprint density at radius 1 is 0.780 bits per heavy atom. The predicted octanol–water partition coefficient (Wildman–Crippen LogP) is 11.0. The van der Waals surface area contributed by atoms with Crippen molar-refractivity contribution >= 4 is 40.4 Å². The normalized spacial score (nSPS) is 20.1. The lowest BCUT2D eigenvalue weighted by Gasteiger charge is -2.37. The summed E-state index contributed by atoms with van der Waals surface area (Å²) in [6.07, 6.45) is 12.4. The van der Waals surface area contributed by atoms with E-state index < -0.39 is 0 Å². The van der Waals surface area contributed by atoms with Crippen molar-refractivity contribution in [3.05, 3.63) is 204 Å². The Bertz CT molecular complexity index is 2110. The topological polar surface area (TPSA) is 18.5 Å². The van der Waals surface area contributed by atoms with Gasteiger partial charge in [0.05, 0.1) is 5.70 Å². The fourth-order valence-electron chi connectivity index (χ4n) is 7.49. The Kier molecular flexibility index (Phi) is 9.71. The van der Waals surface area contributed by atoms with E-state index >= 15 is 0 Å². The van der Waals surface area contributed by atoms with Gasteiger partial charge in [0.25, 0.3) is 0 Å². The lowest BCUT2D eigenvalue weighted by atomic mass is 9.30. The molecule has 0 amide bonds. The van der Waals surface area contributed by atoms with Gasteiger partial charge in [0.1, 0.15) is 0 Å². The lowest BCUT2D eigenvalue weighted by molar-refractivity contribution is 0.980. The standard InChI is InChI=1S/C46H44BN3/c1-5-19-37-22-18-31-49(38-23-8-6-9-24-38)45-32-44(50(39-25-10-7-11-26-39)43-30-17-13-21-35(43)3)36(4)33-48-42-29-16-15-28-41(42)47(37)46(45)40-27-14-12-20-34(40)2/h5-18,20-30,32-33,37,48H,1,19,31H2,2-4H3/b22-18-,36-33+,44-32+,46-45-. The molecule has 1 N–H and O–H groups in total. The average Bonchev–Trinajstić information content (AvgIpc) is 3.14. The molecule has 3 nitrogen and oxygen atoms in total. The van der Waals surface area contributed by atoms with Gasteiger partial charge in [-0.25, -0.2) is 0 Å². The number of nitrogens with one attached hydrogen (secondary N) is 1. The molecule has 0 spiro atoms. The lowest BCUT2D eigenvalue weighted by Crippen LogP contribution is -2.41. The molecule has 2 aliphatic heterocycles. The number of rotatable bonds is 7. The minimum Gasteiger partial charge on any atom is -0.362 e. The summed E-state index contributed by atoms with van der Waals surface area (Å²) in [6, 6.07) is 48.0. The number of hydrogen-bond acceptors (Lipinski definition) is 3. The molecule has 0 fully saturated rings. The quantitative estimate of drug-likeness (QED) is 0.140. The van der Waals surface area contributed by atoms with E-state index in [2.05, 4.69) is 206 Å². The molecule has 0 aliphatic carbocycles. The maximum absolute atomic E-state index is 4.24. The van der Waals surface area contributed by atoms with Gasteiger partial charge in [-0.1, -0.05) is 121 Å². The molecule has 1 atom stereocenters. The summed E-state index contributed by atoms with van der Waals surface area (Å²) in [6.45, 7) is 11.7. The molecule has 5 aromatic carbocycles. The van der Waals surface area contributed by atoms with Crippen LogP contribution in [0.2, 0.25) is 5.82 Å². The summed E-state index contributed by atoms with van der Waals surface area (Å²) >= 11 is 0. The van der Waals surface area contributed by atoms with Crippen LogP contribution in [0.15, 0.2) is 188 Å². The second-order valence-electron chi connectivity index (χ2n) is 13.2. The maximum atomic E-state index is 4.24. The maximum Gasteiger partial charge on any atom is 0.222 e. The smallest absolute Gasteiger partial charge is 0.222 e. The molecule has 1 unspecified atom stereocenters. The van der Waals surface area contributed by atoms with Gasteiger partial charge >= 0.3 is 0 Å². The van der Waals surface area contributed by atoms with Crippen LogP contribution < -0.4 is 20.6 Å². The van der Waals surface area contributed by atoms with Crippen LogP contribution in [0.1, 0.15) is 30.0 Å². The first-order chi connectivity index (χ1) is 24.5. The fourth-order valence-corrected chi connectivity index (χ4v) is 7.49. The second-order valence-corrected chi connectivity index (χ2v) is 13.2. The zero-order chi connectivity index (χ0) is 34.5. The Morgan fingerprint density at radius 2 is 1.44 bits per heavy atom. The van der Waals surface area contributed by atoms with Gasteiger partial charge < -0.3 is 15.1 Å². The zero-order valence-corrected chi connectivity index (χ0v) is 29.3. The van der Waals surface area contributed by atoms with Crippen molar-refractivity contribution in [3.8, 4) is 0 Å². The van der Waals surface area contributed by atoms with E-state index in [9.17, 15) is 0 Å². The van der Waals surface area contributed by atoms with Gasteiger partial charge in [0.15, 0.2) is 0 Å². The molecule has 7 rings (SSSR count). The van der Waals surface area contributed by atoms with Crippen LogP contribution in [0.25, 0.3) is 5.47 Å². The number of fused-ring (bicyclic) bond motifs is 3. The SMILES string of the molecule is C=CCC1/C=C\CN(c2ccccc2)C2=C(/c3ccccc3C)B1c1ccccc1N/C=C(C)/C(N(c1ccccc1)c1ccccc1C)=C\2. The van der Waals surface area contributed by atoms with Crippen LogP contribution in [0.5, 0.6) is 0 Å². The number of anilines is 4. The highest BCUT2D eigenvalue weighted by atomic mass is 15.2. The summed E-state index contributed by atoms with van der Waals surface area (Å²) < 4.78 is 0. The Hall–Kier alpha value is -5.74. The number of nitrogens with zero attached hydrogens (tertiary/aromatic N) is 2. The zero-order valence-electron chi connectivity index (χ0n) is 29.3. The third-order valence-electron chi connectivity index (χ3n) is 9.95. The Balaban J connectivity index is 1.67. The van der Waals surface area contributed by atoms with E-state index in [1.165, 1.54) is 33.3 Å². The second kappa shape index (κ2) is 14.8. The average molecular weight is 650 g/mol. The van der Waals surface area contributed by atoms with E-state index in [0.717, 1.165) is 47.0 Å². The van der Waals surface area contributed by atoms with Crippen molar-refractivity contribution in [2.24, 2.45) is 0 Å². The van der Waals surface area contributed by atoms with Gasteiger partial charge in [-0.3, -0.25) is 0 Å². The largest absolute Gasteiger partial charge is 0.362 e. The molecule has 5 aromatic rings. The number of para-hydroxylation sites is 4. The molecule has 2 aliphatic rings. The minimum absolute atomic E-state index is 0.0310. The Morgan fingerprint density at radius 3 is 2.18 bits per heavy atom. The summed E-state index contributed by atoms with van der Waals surface area (Å²) in [7, 11) is 0. The molecule has 2 heterocycles. The van der Waals surface area contributed by atoms with Crippen molar-refractivity contribution in [1.82, 2.24) is 0 Å². The van der Waals surface area contributed by atoms with E-state index in [4.69, 9.17) is 0 Å². The van der Waals surface area contributed by atoms with Crippen LogP contribution >= 0.6 is 0 Å². The molecule has 246 valence electrons. The highest BCUT2D eigenvalue weighted by Crippen LogP contribution is 2.42. The molecule has 0 aromatic heterocycles. The summed E-state index contributed by atoms with van der Waals surface area (Å²) in [5.41, 5.74) is 14.2. The minimum atomic E-state index is 0.0310. The molecule has 0 radical (unpaired) electrons. The number of aryl methyl sites for hydroxylation is 2. The highest BCUT2D eigenvalue weighted by molar-refractivity contribution is 6.92. The van der Waals surface area contributed by atoms with Crippen molar-refractivity contribution in [2.75, 3.05) is 21.7 Å². The first kappa shape index (κ1) is 32.8. The fraction of sp³-hybridized carbons (Fsp3) is 0.130. The molecule has 0 saturated carbocycles. The third kappa shape index (κ3) is 6.49. The van der Waals surface area contributed by atoms with Crippen molar-refractivity contribution in [2.45, 2.75) is 33.0 Å². The molecule has 50 heavy (non-hydrogen) atoms. The van der Waals surface area contributed by atoms with Crippen molar-refractivity contribution in [1.29, 1.82) is 0 Å². The van der Waals surface area contributed by atoms with Crippen LogP contribution in [0, 0.1) is 13.8 Å². The van der Waals surface area contributed by atoms with Crippen LogP contribution in [0.3, 0.4) is 0 Å². The van der Waals surface area contributed by atoms with Gasteiger partial charge in [-0.2, -0.15) is 0 Å². The van der Waals surface area contributed by atoms with Crippen LogP contribution in [0.4, 0.5) is 22.7 Å². The Labute approximate surface area is 298 Å². The molecular formula is C46H44BN3. The molecule has 4 heteroatoms. The van der Waals surface area contributed by atoms with Gasteiger partial charge in [-0.05, 0) is 103 Å². The summed E-state index contributed by atoms with van der Waals surface area (Å²) in [5, 5.41) is 3.80. The highest BCUT2D eigenvalue weighted by Gasteiger charge is 2.37. The summed E-state index contributed by atoms with van der Waals surface area (Å²) in [4.78, 5) is 4.92. The monoisotopic (exact) mass is 649 g/mol. The molecular weight excluding hydrogens is 605 g/mol. The number of benzene rings is 5.